The molecule has 7 heteroatoms. The van der Waals surface area contributed by atoms with Crippen molar-refractivity contribution < 1.29 is 27.8 Å². The highest BCUT2D eigenvalue weighted by Gasteiger charge is 2.31. The van der Waals surface area contributed by atoms with Crippen LogP contribution in [-0.4, -0.2) is 23.7 Å². The number of phenols is 1. The highest BCUT2D eigenvalue weighted by molar-refractivity contribution is 5.95. The first-order valence-corrected chi connectivity index (χ1v) is 5.69. The Balaban J connectivity index is 2.86. The average molecular weight is 289 g/mol. The van der Waals surface area contributed by atoms with Gasteiger partial charge in [-0.3, -0.25) is 4.79 Å². The number of carbonyl (C=O) groups is 1. The van der Waals surface area contributed by atoms with E-state index in [4.69, 9.17) is 4.74 Å². The summed E-state index contributed by atoms with van der Waals surface area (Å²) in [5, 5.41) is 11.7. The van der Waals surface area contributed by atoms with Gasteiger partial charge < -0.3 is 15.2 Å². The monoisotopic (exact) mass is 289 g/mol. The van der Waals surface area contributed by atoms with E-state index in [0.717, 1.165) is 12.1 Å². The predicted molar refractivity (Wildman–Crippen MR) is 67.3 cm³/mol. The first kappa shape index (κ1) is 16.0. The lowest BCUT2D eigenvalue weighted by molar-refractivity contribution is -0.137. The van der Waals surface area contributed by atoms with Gasteiger partial charge in [-0.1, -0.05) is 6.08 Å². The van der Waals surface area contributed by atoms with Gasteiger partial charge in [0.05, 0.1) is 17.9 Å². The zero-order valence-corrected chi connectivity index (χ0v) is 10.7. The molecular formula is C13H14F3NO3. The first-order valence-electron chi connectivity index (χ1n) is 5.69. The SMILES string of the molecule is C=CCO[C@H](C)C(=O)Nc1cc(C(F)(F)F)ccc1O. The zero-order valence-electron chi connectivity index (χ0n) is 10.7. The number of rotatable bonds is 5. The summed E-state index contributed by atoms with van der Waals surface area (Å²) in [4.78, 5) is 11.7. The van der Waals surface area contributed by atoms with Crippen molar-refractivity contribution in [2.45, 2.75) is 19.2 Å². The van der Waals surface area contributed by atoms with Crippen LogP contribution in [0.5, 0.6) is 5.75 Å². The molecule has 4 nitrogen and oxygen atoms in total. The number of anilines is 1. The Morgan fingerprint density at radius 3 is 2.75 bits per heavy atom. The molecule has 0 saturated carbocycles. The molecule has 0 aliphatic rings. The Labute approximate surface area is 113 Å². The fourth-order valence-electron chi connectivity index (χ4n) is 1.33. The van der Waals surface area contributed by atoms with Gasteiger partial charge in [-0.15, -0.1) is 6.58 Å². The van der Waals surface area contributed by atoms with Gasteiger partial charge in [-0.05, 0) is 25.1 Å². The van der Waals surface area contributed by atoms with Crippen LogP contribution in [0, 0.1) is 0 Å². The van der Waals surface area contributed by atoms with Gasteiger partial charge >= 0.3 is 6.18 Å². The molecule has 2 N–H and O–H groups in total. The molecule has 1 aromatic rings. The van der Waals surface area contributed by atoms with Crippen LogP contribution in [0.25, 0.3) is 0 Å². The predicted octanol–water partition coefficient (Wildman–Crippen LogP) is 2.94. The van der Waals surface area contributed by atoms with Gasteiger partial charge in [0.15, 0.2) is 0 Å². The van der Waals surface area contributed by atoms with Crippen molar-refractivity contribution in [1.82, 2.24) is 0 Å². The summed E-state index contributed by atoms with van der Waals surface area (Å²) in [6, 6.07) is 2.25. The molecule has 1 atom stereocenters. The number of hydrogen-bond acceptors (Lipinski definition) is 3. The lowest BCUT2D eigenvalue weighted by Crippen LogP contribution is -2.28. The van der Waals surface area contributed by atoms with Crippen molar-refractivity contribution >= 4 is 11.6 Å². The number of ether oxygens (including phenoxy) is 1. The summed E-state index contributed by atoms with van der Waals surface area (Å²) in [6.45, 7) is 4.97. The standard InChI is InChI=1S/C13H14F3NO3/c1-3-6-20-8(2)12(19)17-10-7-9(13(14,15)16)4-5-11(10)18/h3-5,7-8,18H,1,6H2,2H3,(H,17,19)/t8-/m1/s1. The molecule has 0 unspecified atom stereocenters. The highest BCUT2D eigenvalue weighted by atomic mass is 19.4. The largest absolute Gasteiger partial charge is 0.506 e. The van der Waals surface area contributed by atoms with Gasteiger partial charge in [-0.25, -0.2) is 0 Å². The van der Waals surface area contributed by atoms with Crippen LogP contribution >= 0.6 is 0 Å². The fourth-order valence-corrected chi connectivity index (χ4v) is 1.33. The lowest BCUT2D eigenvalue weighted by atomic mass is 10.1. The van der Waals surface area contributed by atoms with Crippen molar-refractivity contribution in [1.29, 1.82) is 0 Å². The number of halogens is 3. The van der Waals surface area contributed by atoms with E-state index in [-0.39, 0.29) is 12.3 Å². The lowest BCUT2D eigenvalue weighted by Gasteiger charge is -2.14. The summed E-state index contributed by atoms with van der Waals surface area (Å²) >= 11 is 0. The second-order valence-electron chi connectivity index (χ2n) is 3.98. The van der Waals surface area contributed by atoms with Crippen molar-refractivity contribution in [3.05, 3.63) is 36.4 Å². The normalized spacial score (nSPS) is 12.8. The number of amides is 1. The molecule has 1 aromatic carbocycles. The third-order valence-corrected chi connectivity index (χ3v) is 2.42. The fraction of sp³-hybridized carbons (Fsp3) is 0.308. The molecule has 0 aliphatic heterocycles. The summed E-state index contributed by atoms with van der Waals surface area (Å²) < 4.78 is 42.6. The van der Waals surface area contributed by atoms with E-state index in [1.807, 2.05) is 0 Å². The summed E-state index contributed by atoms with van der Waals surface area (Å²) in [6.07, 6.45) is -4.01. The van der Waals surface area contributed by atoms with Crippen molar-refractivity contribution in [3.8, 4) is 5.75 Å². The Morgan fingerprint density at radius 2 is 2.20 bits per heavy atom. The maximum Gasteiger partial charge on any atom is 0.416 e. The molecule has 0 fully saturated rings. The second kappa shape index (κ2) is 6.42. The van der Waals surface area contributed by atoms with E-state index < -0.39 is 29.5 Å². The number of hydrogen-bond donors (Lipinski definition) is 2. The molecule has 0 radical (unpaired) electrons. The van der Waals surface area contributed by atoms with Crippen molar-refractivity contribution in [3.63, 3.8) is 0 Å². The minimum Gasteiger partial charge on any atom is -0.506 e. The van der Waals surface area contributed by atoms with E-state index in [2.05, 4.69) is 11.9 Å². The van der Waals surface area contributed by atoms with Crippen LogP contribution in [0.1, 0.15) is 12.5 Å². The Hall–Kier alpha value is -2.02. The molecule has 110 valence electrons. The van der Waals surface area contributed by atoms with Crippen LogP contribution in [0.2, 0.25) is 0 Å². The molecule has 0 heterocycles. The minimum atomic E-state index is -4.56. The maximum absolute atomic E-state index is 12.5. The van der Waals surface area contributed by atoms with Crippen LogP contribution in [-0.2, 0) is 15.7 Å². The third-order valence-electron chi connectivity index (χ3n) is 2.42. The molecule has 20 heavy (non-hydrogen) atoms. The molecule has 0 aromatic heterocycles. The van der Waals surface area contributed by atoms with Gasteiger partial charge in [-0.2, -0.15) is 13.2 Å². The topological polar surface area (TPSA) is 58.6 Å². The quantitative estimate of drug-likeness (QED) is 0.647. The molecule has 0 bridgehead atoms. The molecule has 1 rings (SSSR count). The molecular weight excluding hydrogens is 275 g/mol. The Morgan fingerprint density at radius 1 is 1.55 bits per heavy atom. The van der Waals surface area contributed by atoms with Gasteiger partial charge in [0.2, 0.25) is 0 Å². The number of aromatic hydroxyl groups is 1. The average Bonchev–Trinajstić information content (AvgIpc) is 2.37. The third kappa shape index (κ3) is 4.27. The van der Waals surface area contributed by atoms with Crippen LogP contribution in [0.3, 0.4) is 0 Å². The summed E-state index contributed by atoms with van der Waals surface area (Å²) in [5.41, 5.74) is -1.29. The van der Waals surface area contributed by atoms with Crippen molar-refractivity contribution in [2.75, 3.05) is 11.9 Å². The van der Waals surface area contributed by atoms with E-state index >= 15 is 0 Å². The van der Waals surface area contributed by atoms with Crippen LogP contribution < -0.4 is 5.32 Å². The van der Waals surface area contributed by atoms with Crippen LogP contribution in [0.15, 0.2) is 30.9 Å². The molecule has 0 saturated heterocycles. The summed E-state index contributed by atoms with van der Waals surface area (Å²) in [5.74, 6) is -1.12. The second-order valence-corrected chi connectivity index (χ2v) is 3.98. The maximum atomic E-state index is 12.5. The number of carbonyl (C=O) groups excluding carboxylic acids is 1. The summed E-state index contributed by atoms with van der Waals surface area (Å²) in [7, 11) is 0. The Bertz CT molecular complexity index is 500. The molecule has 0 spiro atoms. The van der Waals surface area contributed by atoms with Gasteiger partial charge in [0, 0.05) is 0 Å². The van der Waals surface area contributed by atoms with E-state index in [1.54, 1.807) is 0 Å². The Kier molecular flexibility index (Phi) is 5.15. The highest BCUT2D eigenvalue weighted by Crippen LogP contribution is 2.34. The number of nitrogens with one attached hydrogen (secondary N) is 1. The zero-order chi connectivity index (χ0) is 15.3. The van der Waals surface area contributed by atoms with Gasteiger partial charge in [0.25, 0.3) is 5.91 Å². The number of alkyl halides is 3. The minimum absolute atomic E-state index is 0.128. The van der Waals surface area contributed by atoms with E-state index in [9.17, 15) is 23.1 Å². The van der Waals surface area contributed by atoms with E-state index in [0.29, 0.717) is 6.07 Å². The first-order chi connectivity index (χ1) is 9.25. The number of benzene rings is 1. The van der Waals surface area contributed by atoms with Crippen LogP contribution in [0.4, 0.5) is 18.9 Å². The van der Waals surface area contributed by atoms with Crippen molar-refractivity contribution in [2.24, 2.45) is 0 Å². The molecule has 0 aliphatic carbocycles. The number of phenolic OH excluding ortho intramolecular Hbond substituents is 1. The van der Waals surface area contributed by atoms with Gasteiger partial charge in [0.1, 0.15) is 11.9 Å². The smallest absolute Gasteiger partial charge is 0.416 e. The van der Waals surface area contributed by atoms with E-state index in [1.165, 1.54) is 13.0 Å². The molecule has 1 amide bonds.